The van der Waals surface area contributed by atoms with Crippen LogP contribution in [0.3, 0.4) is 0 Å². The number of amides is 3. The van der Waals surface area contributed by atoms with Crippen molar-refractivity contribution in [3.8, 4) is 5.75 Å². The van der Waals surface area contributed by atoms with Gasteiger partial charge in [-0.15, -0.1) is 11.8 Å². The fourth-order valence-electron chi connectivity index (χ4n) is 3.30. The summed E-state index contributed by atoms with van der Waals surface area (Å²) in [4.78, 5) is 47.3. The number of alkyl carbamates (subject to hydrolysis) is 1. The van der Waals surface area contributed by atoms with Crippen LogP contribution in [0.5, 0.6) is 5.75 Å². The van der Waals surface area contributed by atoms with Crippen LogP contribution in [0.4, 0.5) is 16.3 Å². The molecule has 3 N–H and O–H groups in total. The zero-order chi connectivity index (χ0) is 29.3. The minimum Gasteiger partial charge on any atom is -0.492 e. The Morgan fingerprint density at radius 2 is 1.82 bits per heavy atom. The maximum absolute atomic E-state index is 13.3. The van der Waals surface area contributed by atoms with Gasteiger partial charge in [0.25, 0.3) is 11.8 Å². The minimum absolute atomic E-state index is 0.0117. The summed E-state index contributed by atoms with van der Waals surface area (Å²) in [5, 5.41) is 8.56. The van der Waals surface area contributed by atoms with E-state index in [4.69, 9.17) is 21.1 Å². The predicted octanol–water partition coefficient (Wildman–Crippen LogP) is 5.90. The van der Waals surface area contributed by atoms with E-state index in [2.05, 4.69) is 25.9 Å². The van der Waals surface area contributed by atoms with E-state index in [0.717, 1.165) is 4.90 Å². The molecular weight excluding hydrogens is 554 g/mol. The van der Waals surface area contributed by atoms with Crippen molar-refractivity contribution in [2.24, 2.45) is 5.92 Å². The molecule has 2 heterocycles. The summed E-state index contributed by atoms with van der Waals surface area (Å²) in [7, 11) is 0. The predicted molar refractivity (Wildman–Crippen MR) is 157 cm³/mol. The van der Waals surface area contributed by atoms with Crippen LogP contribution in [-0.2, 0) is 4.74 Å². The number of ether oxygens (including phenoxy) is 2. The van der Waals surface area contributed by atoms with Gasteiger partial charge in [0.15, 0.2) is 5.69 Å². The SMILES string of the molecule is CSc1ccc(C(=O)Nc2cccnc2C(=O)Nc2ccc(Cl)cn2)c(OC[C@@H](C)CNC(=O)OC(C)(C)C)c1. The van der Waals surface area contributed by atoms with Crippen molar-refractivity contribution in [3.05, 3.63) is 71.1 Å². The standard InChI is InChI=1S/C28H32ClN5O5S/c1-17(14-32-27(37)39-28(2,3)4)16-38-22-13-19(40-5)9-10-20(22)25(35)33-21-7-6-12-30-24(21)26(36)34-23-11-8-18(29)15-31-23/h6-13,15,17H,14,16H2,1-5H3,(H,32,37)(H,33,35)(H,31,34,36)/t17-/m0/s1. The van der Waals surface area contributed by atoms with Crippen molar-refractivity contribution >= 4 is 52.8 Å². The first-order valence-electron chi connectivity index (χ1n) is 12.4. The van der Waals surface area contributed by atoms with Crippen LogP contribution in [0.1, 0.15) is 48.5 Å². The van der Waals surface area contributed by atoms with Gasteiger partial charge in [-0.25, -0.2) is 14.8 Å². The normalized spacial score (nSPS) is 11.8. The second kappa shape index (κ2) is 14.0. The average Bonchev–Trinajstić information content (AvgIpc) is 2.91. The highest BCUT2D eigenvalue weighted by atomic mass is 35.5. The molecule has 2 aromatic heterocycles. The van der Waals surface area contributed by atoms with Crippen molar-refractivity contribution in [1.82, 2.24) is 15.3 Å². The van der Waals surface area contributed by atoms with Crippen LogP contribution in [0, 0.1) is 5.92 Å². The van der Waals surface area contributed by atoms with Gasteiger partial charge in [-0.05, 0) is 69.5 Å². The van der Waals surface area contributed by atoms with Gasteiger partial charge in [0, 0.05) is 29.8 Å². The first-order chi connectivity index (χ1) is 18.9. The lowest BCUT2D eigenvalue weighted by Crippen LogP contribution is -2.35. The van der Waals surface area contributed by atoms with Crippen LogP contribution in [0.25, 0.3) is 0 Å². The number of nitrogens with zero attached hydrogens (tertiary/aromatic N) is 2. The summed E-state index contributed by atoms with van der Waals surface area (Å²) in [5.74, 6) is -0.443. The third-order valence-electron chi connectivity index (χ3n) is 5.19. The number of aromatic nitrogens is 2. The molecule has 0 aliphatic carbocycles. The van der Waals surface area contributed by atoms with Crippen molar-refractivity contribution in [1.29, 1.82) is 0 Å². The van der Waals surface area contributed by atoms with Crippen molar-refractivity contribution in [3.63, 3.8) is 0 Å². The van der Waals surface area contributed by atoms with Gasteiger partial charge >= 0.3 is 6.09 Å². The molecule has 0 unspecified atom stereocenters. The third kappa shape index (κ3) is 9.42. The lowest BCUT2D eigenvalue weighted by atomic mass is 10.1. The van der Waals surface area contributed by atoms with E-state index < -0.39 is 23.5 Å². The number of benzene rings is 1. The highest BCUT2D eigenvalue weighted by molar-refractivity contribution is 7.98. The van der Waals surface area contributed by atoms with Crippen LogP contribution in [0.15, 0.2) is 59.8 Å². The molecular formula is C28H32ClN5O5S. The fourth-order valence-corrected chi connectivity index (χ4v) is 3.84. The fraction of sp³-hybridized carbons (Fsp3) is 0.321. The summed E-state index contributed by atoms with van der Waals surface area (Å²) in [6, 6.07) is 11.6. The number of carbonyl (C=O) groups is 3. The van der Waals surface area contributed by atoms with E-state index >= 15 is 0 Å². The van der Waals surface area contributed by atoms with Crippen molar-refractivity contribution in [2.75, 3.05) is 30.0 Å². The molecule has 3 amide bonds. The molecule has 0 radical (unpaired) electrons. The summed E-state index contributed by atoms with van der Waals surface area (Å²) in [5.41, 5.74) is -0.0857. The lowest BCUT2D eigenvalue weighted by Gasteiger charge is -2.21. The molecule has 1 aromatic carbocycles. The highest BCUT2D eigenvalue weighted by Gasteiger charge is 2.20. The smallest absolute Gasteiger partial charge is 0.407 e. The lowest BCUT2D eigenvalue weighted by molar-refractivity contribution is 0.0516. The Labute approximate surface area is 242 Å². The minimum atomic E-state index is -0.591. The molecule has 0 saturated carbocycles. The van der Waals surface area contributed by atoms with Gasteiger partial charge in [-0.3, -0.25) is 9.59 Å². The Balaban J connectivity index is 1.70. The topological polar surface area (TPSA) is 132 Å². The van der Waals surface area contributed by atoms with Gasteiger partial charge in [0.1, 0.15) is 17.2 Å². The summed E-state index contributed by atoms with van der Waals surface area (Å²) >= 11 is 7.36. The Bertz CT molecular complexity index is 1350. The van der Waals surface area contributed by atoms with Gasteiger partial charge in [0.2, 0.25) is 0 Å². The van der Waals surface area contributed by atoms with Crippen molar-refractivity contribution < 1.29 is 23.9 Å². The molecule has 0 aliphatic rings. The van der Waals surface area contributed by atoms with E-state index in [1.54, 1.807) is 57.2 Å². The van der Waals surface area contributed by atoms with Crippen LogP contribution < -0.4 is 20.7 Å². The molecule has 212 valence electrons. The molecule has 0 spiro atoms. The van der Waals surface area contributed by atoms with Gasteiger partial charge in [-0.2, -0.15) is 0 Å². The van der Waals surface area contributed by atoms with Crippen LogP contribution >= 0.6 is 23.4 Å². The molecule has 3 aromatic rings. The molecule has 1 atom stereocenters. The Morgan fingerprint density at radius 1 is 1.05 bits per heavy atom. The highest BCUT2D eigenvalue weighted by Crippen LogP contribution is 2.27. The number of nitrogens with one attached hydrogen (secondary N) is 3. The largest absolute Gasteiger partial charge is 0.492 e. The monoisotopic (exact) mass is 585 g/mol. The number of hydrogen-bond donors (Lipinski definition) is 3. The Morgan fingerprint density at radius 3 is 2.50 bits per heavy atom. The first kappa shape index (κ1) is 30.7. The van der Waals surface area contributed by atoms with E-state index in [1.807, 2.05) is 19.2 Å². The number of pyridine rings is 2. The summed E-state index contributed by atoms with van der Waals surface area (Å²) < 4.78 is 11.3. The zero-order valence-corrected chi connectivity index (χ0v) is 24.5. The number of thioether (sulfide) groups is 1. The molecule has 3 rings (SSSR count). The van der Waals surface area contributed by atoms with Crippen molar-refractivity contribution in [2.45, 2.75) is 38.2 Å². The molecule has 10 nitrogen and oxygen atoms in total. The van der Waals surface area contributed by atoms with Crippen LogP contribution in [-0.4, -0.2) is 52.9 Å². The number of halogens is 1. The first-order valence-corrected chi connectivity index (χ1v) is 14.0. The van der Waals surface area contributed by atoms with Gasteiger partial charge in [0.05, 0.1) is 22.9 Å². The molecule has 12 heteroatoms. The van der Waals surface area contributed by atoms with E-state index in [0.29, 0.717) is 17.3 Å². The van der Waals surface area contributed by atoms with Gasteiger partial charge < -0.3 is 25.4 Å². The number of hydrogen-bond acceptors (Lipinski definition) is 8. The molecule has 0 bridgehead atoms. The molecule has 40 heavy (non-hydrogen) atoms. The molecule has 0 saturated heterocycles. The maximum atomic E-state index is 13.3. The summed E-state index contributed by atoms with van der Waals surface area (Å²) in [6.07, 6.45) is 4.27. The Hall–Kier alpha value is -3.83. The zero-order valence-electron chi connectivity index (χ0n) is 22.9. The van der Waals surface area contributed by atoms with E-state index in [9.17, 15) is 14.4 Å². The van der Waals surface area contributed by atoms with Crippen LogP contribution in [0.2, 0.25) is 5.02 Å². The van der Waals surface area contributed by atoms with Gasteiger partial charge in [-0.1, -0.05) is 18.5 Å². The molecule has 0 aliphatic heterocycles. The third-order valence-corrected chi connectivity index (χ3v) is 6.14. The summed E-state index contributed by atoms with van der Waals surface area (Å²) in [6.45, 7) is 7.86. The van der Waals surface area contributed by atoms with E-state index in [-0.39, 0.29) is 35.3 Å². The Kier molecular flexibility index (Phi) is 10.7. The maximum Gasteiger partial charge on any atom is 0.407 e. The average molecular weight is 586 g/mol. The molecule has 0 fully saturated rings. The van der Waals surface area contributed by atoms with E-state index in [1.165, 1.54) is 24.2 Å². The number of rotatable bonds is 10. The number of anilines is 2. The quantitative estimate of drug-likeness (QED) is 0.251. The number of carbonyl (C=O) groups excluding carboxylic acids is 3. The second-order valence-corrected chi connectivity index (χ2v) is 11.1. The second-order valence-electron chi connectivity index (χ2n) is 9.83.